The van der Waals surface area contributed by atoms with Crippen molar-refractivity contribution < 1.29 is 9.53 Å². The summed E-state index contributed by atoms with van der Waals surface area (Å²) in [6, 6.07) is 4.92. The van der Waals surface area contributed by atoms with Gasteiger partial charge in [-0.15, -0.1) is 0 Å². The fourth-order valence-electron chi connectivity index (χ4n) is 1.00. The van der Waals surface area contributed by atoms with Crippen molar-refractivity contribution >= 4 is 39.2 Å². The van der Waals surface area contributed by atoms with Crippen LogP contribution >= 0.6 is 27.5 Å². The lowest BCUT2D eigenvalue weighted by Gasteiger charge is -2.13. The second kappa shape index (κ2) is 6.08. The SMILES string of the molecule is COC(=O)C(C)NNc1ccc(Cl)c(Br)c1. The Labute approximate surface area is 107 Å². The number of rotatable bonds is 4. The zero-order valence-corrected chi connectivity index (χ0v) is 11.2. The molecule has 0 aromatic heterocycles. The Balaban J connectivity index is 2.55. The van der Waals surface area contributed by atoms with Crippen LogP contribution in [-0.2, 0) is 9.53 Å². The van der Waals surface area contributed by atoms with Crippen molar-refractivity contribution in [1.29, 1.82) is 0 Å². The van der Waals surface area contributed by atoms with E-state index < -0.39 is 6.04 Å². The van der Waals surface area contributed by atoms with Crippen LogP contribution in [0.2, 0.25) is 5.02 Å². The second-order valence-corrected chi connectivity index (χ2v) is 4.40. The van der Waals surface area contributed by atoms with Crippen LogP contribution in [-0.4, -0.2) is 19.1 Å². The van der Waals surface area contributed by atoms with E-state index in [0.29, 0.717) is 5.02 Å². The Morgan fingerprint density at radius 3 is 2.81 bits per heavy atom. The molecule has 2 N–H and O–H groups in total. The number of halogens is 2. The number of hydrogen-bond acceptors (Lipinski definition) is 4. The third-order valence-corrected chi connectivity index (χ3v) is 3.12. The summed E-state index contributed by atoms with van der Waals surface area (Å²) in [5, 5.41) is 0.631. The Bertz CT molecular complexity index is 387. The van der Waals surface area contributed by atoms with Crippen LogP contribution in [0, 0.1) is 0 Å². The summed E-state index contributed by atoms with van der Waals surface area (Å²) >= 11 is 9.15. The summed E-state index contributed by atoms with van der Waals surface area (Å²) in [5.74, 6) is -0.333. The average molecular weight is 308 g/mol. The first-order chi connectivity index (χ1) is 7.54. The molecule has 0 fully saturated rings. The maximum Gasteiger partial charge on any atom is 0.324 e. The van der Waals surface area contributed by atoms with Crippen LogP contribution < -0.4 is 10.9 Å². The number of esters is 1. The lowest BCUT2D eigenvalue weighted by molar-refractivity contribution is -0.142. The van der Waals surface area contributed by atoms with Crippen molar-refractivity contribution in [3.8, 4) is 0 Å². The van der Waals surface area contributed by atoms with Crippen LogP contribution in [0.5, 0.6) is 0 Å². The summed E-state index contributed by atoms with van der Waals surface area (Å²) in [4.78, 5) is 11.1. The molecule has 0 bridgehead atoms. The average Bonchev–Trinajstić information content (AvgIpc) is 2.29. The fraction of sp³-hybridized carbons (Fsp3) is 0.300. The molecule has 0 aliphatic carbocycles. The van der Waals surface area contributed by atoms with Gasteiger partial charge in [-0.2, -0.15) is 0 Å². The monoisotopic (exact) mass is 306 g/mol. The van der Waals surface area contributed by atoms with E-state index in [-0.39, 0.29) is 5.97 Å². The molecule has 0 aliphatic rings. The van der Waals surface area contributed by atoms with Crippen molar-refractivity contribution in [1.82, 2.24) is 5.43 Å². The largest absolute Gasteiger partial charge is 0.468 e. The van der Waals surface area contributed by atoms with Gasteiger partial charge in [-0.3, -0.25) is 4.79 Å². The summed E-state index contributed by atoms with van der Waals surface area (Å²) in [5.41, 5.74) is 6.49. The van der Waals surface area contributed by atoms with E-state index in [1.165, 1.54) is 7.11 Å². The van der Waals surface area contributed by atoms with E-state index in [2.05, 4.69) is 31.5 Å². The molecule has 1 aromatic carbocycles. The van der Waals surface area contributed by atoms with Gasteiger partial charge < -0.3 is 10.2 Å². The highest BCUT2D eigenvalue weighted by Crippen LogP contribution is 2.25. The molecule has 0 saturated carbocycles. The topological polar surface area (TPSA) is 50.4 Å². The van der Waals surface area contributed by atoms with Gasteiger partial charge in [0.05, 0.1) is 12.1 Å². The Morgan fingerprint density at radius 2 is 2.25 bits per heavy atom. The van der Waals surface area contributed by atoms with Crippen molar-refractivity contribution in [2.24, 2.45) is 0 Å². The summed E-state index contributed by atoms with van der Waals surface area (Å²) in [6.45, 7) is 1.70. The number of carbonyl (C=O) groups is 1. The number of ether oxygens (including phenoxy) is 1. The predicted octanol–water partition coefficient (Wildman–Crippen LogP) is 2.58. The quantitative estimate of drug-likeness (QED) is 0.663. The maximum absolute atomic E-state index is 11.1. The molecule has 88 valence electrons. The lowest BCUT2D eigenvalue weighted by Crippen LogP contribution is -2.38. The highest BCUT2D eigenvalue weighted by atomic mass is 79.9. The van der Waals surface area contributed by atoms with Gasteiger partial charge in [0.25, 0.3) is 0 Å². The summed E-state index contributed by atoms with van der Waals surface area (Å²) < 4.78 is 5.36. The highest BCUT2D eigenvalue weighted by molar-refractivity contribution is 9.10. The molecule has 1 aromatic rings. The molecule has 1 rings (SSSR count). The molecule has 1 unspecified atom stereocenters. The minimum Gasteiger partial charge on any atom is -0.468 e. The molecule has 0 spiro atoms. The standard InChI is InChI=1S/C10H12BrClN2O2/c1-6(10(15)16-2)13-14-7-3-4-9(12)8(11)5-7/h3-6,13-14H,1-2H3. The van der Waals surface area contributed by atoms with Gasteiger partial charge in [-0.25, -0.2) is 5.43 Å². The number of nitrogens with one attached hydrogen (secondary N) is 2. The van der Waals surface area contributed by atoms with Gasteiger partial charge >= 0.3 is 5.97 Å². The Kier molecular flexibility index (Phi) is 5.05. The zero-order chi connectivity index (χ0) is 12.1. The fourth-order valence-corrected chi connectivity index (χ4v) is 1.50. The predicted molar refractivity (Wildman–Crippen MR) is 67.4 cm³/mol. The Morgan fingerprint density at radius 1 is 1.56 bits per heavy atom. The minimum absolute atomic E-state index is 0.333. The molecule has 0 aliphatic heterocycles. The van der Waals surface area contributed by atoms with E-state index in [0.717, 1.165) is 10.2 Å². The molecule has 4 nitrogen and oxygen atoms in total. The van der Waals surface area contributed by atoms with Crippen LogP contribution in [0.1, 0.15) is 6.92 Å². The van der Waals surface area contributed by atoms with E-state index in [1.54, 1.807) is 25.1 Å². The number of hydrogen-bond donors (Lipinski definition) is 2. The van der Waals surface area contributed by atoms with Gasteiger partial charge in [-0.1, -0.05) is 11.6 Å². The minimum atomic E-state index is -0.431. The van der Waals surface area contributed by atoms with E-state index >= 15 is 0 Å². The van der Waals surface area contributed by atoms with E-state index in [4.69, 9.17) is 11.6 Å². The normalized spacial score (nSPS) is 12.0. The van der Waals surface area contributed by atoms with Gasteiger partial charge in [-0.05, 0) is 41.1 Å². The van der Waals surface area contributed by atoms with Gasteiger partial charge in [0.1, 0.15) is 6.04 Å². The molecule has 0 amide bonds. The van der Waals surface area contributed by atoms with Crippen molar-refractivity contribution in [3.05, 3.63) is 27.7 Å². The van der Waals surface area contributed by atoms with Gasteiger partial charge in [0.15, 0.2) is 0 Å². The highest BCUT2D eigenvalue weighted by Gasteiger charge is 2.11. The Hall–Kier alpha value is -0.780. The first-order valence-electron chi connectivity index (χ1n) is 4.59. The zero-order valence-electron chi connectivity index (χ0n) is 8.88. The third-order valence-electron chi connectivity index (χ3n) is 1.91. The van der Waals surface area contributed by atoms with Gasteiger partial charge in [0, 0.05) is 10.2 Å². The first kappa shape index (κ1) is 13.3. The van der Waals surface area contributed by atoms with E-state index in [9.17, 15) is 4.79 Å². The lowest BCUT2D eigenvalue weighted by atomic mass is 10.3. The maximum atomic E-state index is 11.1. The number of carbonyl (C=O) groups excluding carboxylic acids is 1. The molecule has 1 atom stereocenters. The molecular weight excluding hydrogens is 295 g/mol. The molecular formula is C10H12BrClN2O2. The van der Waals surface area contributed by atoms with Crippen molar-refractivity contribution in [3.63, 3.8) is 0 Å². The van der Waals surface area contributed by atoms with Crippen LogP contribution in [0.4, 0.5) is 5.69 Å². The molecule has 16 heavy (non-hydrogen) atoms. The number of benzene rings is 1. The summed E-state index contributed by atoms with van der Waals surface area (Å²) in [6.07, 6.45) is 0. The smallest absolute Gasteiger partial charge is 0.324 e. The second-order valence-electron chi connectivity index (χ2n) is 3.14. The summed E-state index contributed by atoms with van der Waals surface area (Å²) in [7, 11) is 1.35. The molecule has 0 radical (unpaired) electrons. The van der Waals surface area contributed by atoms with E-state index in [1.807, 2.05) is 0 Å². The number of anilines is 1. The first-order valence-corrected chi connectivity index (χ1v) is 5.76. The third kappa shape index (κ3) is 3.66. The number of hydrazine groups is 1. The van der Waals surface area contributed by atoms with Gasteiger partial charge in [0.2, 0.25) is 0 Å². The van der Waals surface area contributed by atoms with Crippen LogP contribution in [0.25, 0.3) is 0 Å². The molecule has 0 saturated heterocycles. The number of methoxy groups -OCH3 is 1. The van der Waals surface area contributed by atoms with Crippen LogP contribution in [0.3, 0.4) is 0 Å². The van der Waals surface area contributed by atoms with Crippen molar-refractivity contribution in [2.75, 3.05) is 12.5 Å². The van der Waals surface area contributed by atoms with Crippen LogP contribution in [0.15, 0.2) is 22.7 Å². The molecule has 0 heterocycles. The van der Waals surface area contributed by atoms with Crippen molar-refractivity contribution in [2.45, 2.75) is 13.0 Å². The molecule has 6 heteroatoms.